The molecule has 0 aliphatic rings. The number of alkyl halides is 3. The van der Waals surface area contributed by atoms with Crippen LogP contribution in [0.3, 0.4) is 0 Å². The molecule has 0 saturated carbocycles. The van der Waals surface area contributed by atoms with Gasteiger partial charge in [0, 0.05) is 0 Å². The van der Waals surface area contributed by atoms with E-state index in [1.165, 1.54) is 0 Å². The maximum atomic E-state index is 12.0. The molecule has 0 aromatic heterocycles. The monoisotopic (exact) mass is 233 g/mol. The van der Waals surface area contributed by atoms with Crippen molar-refractivity contribution in [2.24, 2.45) is 0 Å². The standard InChI is InChI=1S/C11H14F3NO/c1-7(2)8-3-4-9(15)10(5-8)16-6-11(12,13)14/h3-5,7H,6,15H2,1-2H3. The molecule has 0 atom stereocenters. The zero-order chi connectivity index (χ0) is 12.3. The van der Waals surface area contributed by atoms with Crippen LogP contribution in [0, 0.1) is 0 Å². The first-order valence-corrected chi connectivity index (χ1v) is 4.88. The zero-order valence-electron chi connectivity index (χ0n) is 9.14. The van der Waals surface area contributed by atoms with Crippen LogP contribution in [-0.4, -0.2) is 12.8 Å². The number of rotatable bonds is 3. The summed E-state index contributed by atoms with van der Waals surface area (Å²) in [6.45, 7) is 2.57. The van der Waals surface area contributed by atoms with Crippen molar-refractivity contribution in [2.45, 2.75) is 25.9 Å². The predicted octanol–water partition coefficient (Wildman–Crippen LogP) is 3.33. The van der Waals surface area contributed by atoms with Crippen molar-refractivity contribution in [3.05, 3.63) is 23.8 Å². The number of ether oxygens (including phenoxy) is 1. The van der Waals surface area contributed by atoms with Gasteiger partial charge in [0.05, 0.1) is 5.69 Å². The minimum Gasteiger partial charge on any atom is -0.482 e. The SMILES string of the molecule is CC(C)c1ccc(N)c(OCC(F)(F)F)c1. The second kappa shape index (κ2) is 4.63. The summed E-state index contributed by atoms with van der Waals surface area (Å²) in [7, 11) is 0. The molecule has 90 valence electrons. The van der Waals surface area contributed by atoms with Gasteiger partial charge in [-0.1, -0.05) is 19.9 Å². The molecule has 0 amide bonds. The number of hydrogen-bond acceptors (Lipinski definition) is 2. The third kappa shape index (κ3) is 3.64. The van der Waals surface area contributed by atoms with Crippen LogP contribution in [-0.2, 0) is 0 Å². The molecule has 1 rings (SSSR count). The summed E-state index contributed by atoms with van der Waals surface area (Å²) in [5.41, 5.74) is 6.64. The quantitative estimate of drug-likeness (QED) is 0.813. The van der Waals surface area contributed by atoms with E-state index in [0.717, 1.165) is 5.56 Å². The second-order valence-electron chi connectivity index (χ2n) is 3.86. The lowest BCUT2D eigenvalue weighted by Gasteiger charge is -2.13. The Bertz CT molecular complexity index is 361. The molecule has 0 aliphatic carbocycles. The molecule has 0 saturated heterocycles. The number of hydrogen-bond donors (Lipinski definition) is 1. The Kier molecular flexibility index (Phi) is 3.67. The van der Waals surface area contributed by atoms with Crippen LogP contribution >= 0.6 is 0 Å². The Morgan fingerprint density at radius 3 is 2.44 bits per heavy atom. The maximum Gasteiger partial charge on any atom is 0.422 e. The predicted molar refractivity (Wildman–Crippen MR) is 56.5 cm³/mol. The van der Waals surface area contributed by atoms with Crippen LogP contribution in [0.15, 0.2) is 18.2 Å². The number of benzene rings is 1. The molecule has 0 radical (unpaired) electrons. The lowest BCUT2D eigenvalue weighted by Crippen LogP contribution is -2.19. The van der Waals surface area contributed by atoms with Crippen LogP contribution < -0.4 is 10.5 Å². The molecule has 5 heteroatoms. The van der Waals surface area contributed by atoms with Crippen LogP contribution in [0.4, 0.5) is 18.9 Å². The highest BCUT2D eigenvalue weighted by molar-refractivity contribution is 5.54. The molecule has 0 bridgehead atoms. The van der Waals surface area contributed by atoms with Crippen molar-refractivity contribution < 1.29 is 17.9 Å². The number of halogens is 3. The molecule has 0 spiro atoms. The van der Waals surface area contributed by atoms with E-state index in [1.807, 2.05) is 13.8 Å². The largest absolute Gasteiger partial charge is 0.482 e. The molecule has 2 nitrogen and oxygen atoms in total. The normalized spacial score (nSPS) is 11.9. The molecule has 0 heterocycles. The van der Waals surface area contributed by atoms with Gasteiger partial charge >= 0.3 is 6.18 Å². The Morgan fingerprint density at radius 1 is 1.31 bits per heavy atom. The summed E-state index contributed by atoms with van der Waals surface area (Å²) in [6.07, 6.45) is -4.35. The minimum absolute atomic E-state index is 0.0866. The van der Waals surface area contributed by atoms with E-state index >= 15 is 0 Å². The zero-order valence-corrected chi connectivity index (χ0v) is 9.14. The number of anilines is 1. The van der Waals surface area contributed by atoms with Crippen molar-refractivity contribution in [1.29, 1.82) is 0 Å². The van der Waals surface area contributed by atoms with Crippen LogP contribution in [0.1, 0.15) is 25.3 Å². The summed E-state index contributed by atoms with van der Waals surface area (Å²) in [5, 5.41) is 0. The summed E-state index contributed by atoms with van der Waals surface area (Å²) in [4.78, 5) is 0. The van der Waals surface area contributed by atoms with E-state index in [-0.39, 0.29) is 17.4 Å². The van der Waals surface area contributed by atoms with Crippen molar-refractivity contribution in [3.63, 3.8) is 0 Å². The summed E-state index contributed by atoms with van der Waals surface area (Å²) < 4.78 is 40.5. The Balaban J connectivity index is 2.82. The molecule has 2 N–H and O–H groups in total. The van der Waals surface area contributed by atoms with Crippen molar-refractivity contribution in [3.8, 4) is 5.75 Å². The average molecular weight is 233 g/mol. The first-order valence-electron chi connectivity index (χ1n) is 4.88. The molecule has 0 aliphatic heterocycles. The van der Waals surface area contributed by atoms with Crippen molar-refractivity contribution >= 4 is 5.69 Å². The topological polar surface area (TPSA) is 35.2 Å². The Labute approximate surface area is 92.2 Å². The van der Waals surface area contributed by atoms with Crippen LogP contribution in [0.25, 0.3) is 0 Å². The summed E-state index contributed by atoms with van der Waals surface area (Å²) in [5.74, 6) is 0.303. The van der Waals surface area contributed by atoms with Crippen molar-refractivity contribution in [2.75, 3.05) is 12.3 Å². The Morgan fingerprint density at radius 2 is 1.94 bits per heavy atom. The summed E-state index contributed by atoms with van der Waals surface area (Å²) in [6, 6.07) is 4.88. The van der Waals surface area contributed by atoms with Gasteiger partial charge in [0.15, 0.2) is 6.61 Å². The fraction of sp³-hybridized carbons (Fsp3) is 0.455. The maximum absolute atomic E-state index is 12.0. The van der Waals surface area contributed by atoms with Gasteiger partial charge < -0.3 is 10.5 Å². The molecular weight excluding hydrogens is 219 g/mol. The number of nitrogen functional groups attached to an aromatic ring is 1. The molecule has 16 heavy (non-hydrogen) atoms. The van der Waals surface area contributed by atoms with Gasteiger partial charge in [-0.3, -0.25) is 0 Å². The fourth-order valence-corrected chi connectivity index (χ4v) is 1.19. The molecular formula is C11H14F3NO. The van der Waals surface area contributed by atoms with Gasteiger partial charge in [-0.05, 0) is 23.6 Å². The summed E-state index contributed by atoms with van der Waals surface area (Å²) >= 11 is 0. The molecule has 1 aromatic carbocycles. The highest BCUT2D eigenvalue weighted by Gasteiger charge is 2.28. The van der Waals surface area contributed by atoms with E-state index in [0.29, 0.717) is 0 Å². The highest BCUT2D eigenvalue weighted by Crippen LogP contribution is 2.28. The lowest BCUT2D eigenvalue weighted by atomic mass is 10.0. The van der Waals surface area contributed by atoms with Gasteiger partial charge in [-0.25, -0.2) is 0 Å². The van der Waals surface area contributed by atoms with E-state index in [9.17, 15) is 13.2 Å². The number of nitrogens with two attached hydrogens (primary N) is 1. The first-order chi connectivity index (χ1) is 7.29. The van der Waals surface area contributed by atoms with Crippen LogP contribution in [0.2, 0.25) is 0 Å². The fourth-order valence-electron chi connectivity index (χ4n) is 1.19. The van der Waals surface area contributed by atoms with E-state index in [1.54, 1.807) is 18.2 Å². The third-order valence-electron chi connectivity index (χ3n) is 2.10. The highest BCUT2D eigenvalue weighted by atomic mass is 19.4. The lowest BCUT2D eigenvalue weighted by molar-refractivity contribution is -0.153. The van der Waals surface area contributed by atoms with Gasteiger partial charge in [-0.15, -0.1) is 0 Å². The second-order valence-corrected chi connectivity index (χ2v) is 3.86. The van der Waals surface area contributed by atoms with Crippen LogP contribution in [0.5, 0.6) is 5.75 Å². The third-order valence-corrected chi connectivity index (χ3v) is 2.10. The Hall–Kier alpha value is -1.39. The van der Waals surface area contributed by atoms with Crippen molar-refractivity contribution in [1.82, 2.24) is 0 Å². The van der Waals surface area contributed by atoms with E-state index in [4.69, 9.17) is 5.73 Å². The van der Waals surface area contributed by atoms with E-state index < -0.39 is 12.8 Å². The van der Waals surface area contributed by atoms with Gasteiger partial charge in [-0.2, -0.15) is 13.2 Å². The van der Waals surface area contributed by atoms with Gasteiger partial charge in [0.1, 0.15) is 5.75 Å². The molecule has 0 fully saturated rings. The van der Waals surface area contributed by atoms with E-state index in [2.05, 4.69) is 4.74 Å². The smallest absolute Gasteiger partial charge is 0.422 e. The first kappa shape index (κ1) is 12.7. The van der Waals surface area contributed by atoms with Gasteiger partial charge in [0.25, 0.3) is 0 Å². The van der Waals surface area contributed by atoms with Gasteiger partial charge in [0.2, 0.25) is 0 Å². The average Bonchev–Trinajstić information content (AvgIpc) is 2.14. The minimum atomic E-state index is -4.35. The molecule has 0 unspecified atom stereocenters. The molecule has 1 aromatic rings.